The van der Waals surface area contributed by atoms with Crippen LogP contribution in [0.1, 0.15) is 38.3 Å². The topological polar surface area (TPSA) is 56.2 Å². The fourth-order valence-electron chi connectivity index (χ4n) is 2.25. The van der Waals surface area contributed by atoms with E-state index >= 15 is 0 Å². The second-order valence-corrected chi connectivity index (χ2v) is 5.98. The van der Waals surface area contributed by atoms with Crippen molar-refractivity contribution < 1.29 is 4.79 Å². The zero-order chi connectivity index (χ0) is 14.0. The molecule has 0 saturated carbocycles. The third kappa shape index (κ3) is 3.34. The number of nitrogens with one attached hydrogen (secondary N) is 2. The Morgan fingerprint density at radius 1 is 1.37 bits per heavy atom. The lowest BCUT2D eigenvalue weighted by Crippen LogP contribution is -2.42. The molecule has 102 valence electrons. The van der Waals surface area contributed by atoms with Gasteiger partial charge in [-0.25, -0.2) is 0 Å². The summed E-state index contributed by atoms with van der Waals surface area (Å²) in [6.07, 6.45) is 0.424. The van der Waals surface area contributed by atoms with E-state index in [1.165, 1.54) is 5.56 Å². The predicted octanol–water partition coefficient (Wildman–Crippen LogP) is 2.13. The Morgan fingerprint density at radius 2 is 2.05 bits per heavy atom. The van der Waals surface area contributed by atoms with Crippen molar-refractivity contribution in [3.8, 4) is 0 Å². The smallest absolute Gasteiger partial charge is 0.222 e. The van der Waals surface area contributed by atoms with Crippen molar-refractivity contribution in [1.29, 1.82) is 5.41 Å². The number of amides is 1. The summed E-state index contributed by atoms with van der Waals surface area (Å²) < 4.78 is 0. The van der Waals surface area contributed by atoms with Crippen molar-refractivity contribution in [2.75, 3.05) is 6.54 Å². The SMILES string of the molecule is CC(C)(C)NC(=O)CCN1Cc2ccccc2C1=N. The molecule has 0 saturated heterocycles. The molecule has 0 atom stereocenters. The van der Waals surface area contributed by atoms with Gasteiger partial charge in [-0.2, -0.15) is 0 Å². The number of hydrogen-bond donors (Lipinski definition) is 2. The minimum Gasteiger partial charge on any atom is -0.352 e. The molecule has 4 heteroatoms. The Kier molecular flexibility index (Phi) is 3.60. The Bertz CT molecular complexity index is 502. The van der Waals surface area contributed by atoms with Gasteiger partial charge in [-0.1, -0.05) is 24.3 Å². The highest BCUT2D eigenvalue weighted by atomic mass is 16.1. The highest BCUT2D eigenvalue weighted by Crippen LogP contribution is 2.22. The van der Waals surface area contributed by atoms with Gasteiger partial charge in [-0.15, -0.1) is 0 Å². The molecule has 0 unspecified atom stereocenters. The van der Waals surface area contributed by atoms with Crippen LogP contribution in [-0.4, -0.2) is 28.7 Å². The Balaban J connectivity index is 1.90. The van der Waals surface area contributed by atoms with Gasteiger partial charge in [0.15, 0.2) is 0 Å². The number of carbonyl (C=O) groups is 1. The van der Waals surface area contributed by atoms with E-state index in [4.69, 9.17) is 5.41 Å². The molecule has 1 aliphatic rings. The van der Waals surface area contributed by atoms with Gasteiger partial charge >= 0.3 is 0 Å². The number of nitrogens with zero attached hydrogens (tertiary/aromatic N) is 1. The van der Waals surface area contributed by atoms with E-state index in [1.54, 1.807) is 0 Å². The van der Waals surface area contributed by atoms with Crippen LogP contribution in [0.15, 0.2) is 24.3 Å². The predicted molar refractivity (Wildman–Crippen MR) is 76.2 cm³/mol. The monoisotopic (exact) mass is 259 g/mol. The van der Waals surface area contributed by atoms with E-state index in [0.29, 0.717) is 18.8 Å². The van der Waals surface area contributed by atoms with Crippen LogP contribution in [-0.2, 0) is 11.3 Å². The summed E-state index contributed by atoms with van der Waals surface area (Å²) in [6, 6.07) is 7.94. The molecular weight excluding hydrogens is 238 g/mol. The number of carbonyl (C=O) groups excluding carboxylic acids is 1. The molecule has 2 rings (SSSR count). The van der Waals surface area contributed by atoms with E-state index in [9.17, 15) is 4.79 Å². The maximum Gasteiger partial charge on any atom is 0.222 e. The Morgan fingerprint density at radius 3 is 2.68 bits per heavy atom. The molecule has 1 aromatic rings. The van der Waals surface area contributed by atoms with E-state index in [-0.39, 0.29) is 11.4 Å². The highest BCUT2D eigenvalue weighted by Gasteiger charge is 2.24. The van der Waals surface area contributed by atoms with E-state index in [1.807, 2.05) is 49.9 Å². The minimum atomic E-state index is -0.196. The lowest BCUT2D eigenvalue weighted by atomic mass is 10.1. The van der Waals surface area contributed by atoms with E-state index in [2.05, 4.69) is 5.32 Å². The molecule has 0 radical (unpaired) electrons. The largest absolute Gasteiger partial charge is 0.352 e. The van der Waals surface area contributed by atoms with Crippen LogP contribution in [0, 0.1) is 5.41 Å². The molecule has 0 aromatic heterocycles. The standard InChI is InChI=1S/C15H21N3O/c1-15(2,3)17-13(19)8-9-18-10-11-6-4-5-7-12(11)14(18)16/h4-7,16H,8-10H2,1-3H3,(H,17,19). The first-order chi connectivity index (χ1) is 8.87. The van der Waals surface area contributed by atoms with Gasteiger partial charge in [-0.3, -0.25) is 10.2 Å². The summed E-state index contributed by atoms with van der Waals surface area (Å²) in [4.78, 5) is 13.7. The molecule has 19 heavy (non-hydrogen) atoms. The fourth-order valence-corrected chi connectivity index (χ4v) is 2.25. The quantitative estimate of drug-likeness (QED) is 0.873. The Labute approximate surface area is 114 Å². The maximum atomic E-state index is 11.8. The number of amidine groups is 1. The third-order valence-corrected chi connectivity index (χ3v) is 3.07. The van der Waals surface area contributed by atoms with Crippen molar-refractivity contribution in [1.82, 2.24) is 10.2 Å². The second-order valence-electron chi connectivity index (χ2n) is 5.98. The molecule has 0 aliphatic carbocycles. The molecule has 2 N–H and O–H groups in total. The third-order valence-electron chi connectivity index (χ3n) is 3.07. The molecule has 1 heterocycles. The average molecular weight is 259 g/mol. The van der Waals surface area contributed by atoms with Crippen LogP contribution in [0.2, 0.25) is 0 Å². The molecule has 1 aromatic carbocycles. The molecule has 1 aliphatic heterocycles. The summed E-state index contributed by atoms with van der Waals surface area (Å²) >= 11 is 0. The van der Waals surface area contributed by atoms with Crippen LogP contribution in [0.25, 0.3) is 0 Å². The summed E-state index contributed by atoms with van der Waals surface area (Å²) in [5, 5.41) is 11.0. The zero-order valence-electron chi connectivity index (χ0n) is 11.8. The normalized spacial score (nSPS) is 14.5. The average Bonchev–Trinajstić information content (AvgIpc) is 2.62. The van der Waals surface area contributed by atoms with Gasteiger partial charge in [0.1, 0.15) is 5.84 Å². The van der Waals surface area contributed by atoms with Crippen LogP contribution in [0.4, 0.5) is 0 Å². The summed E-state index contributed by atoms with van der Waals surface area (Å²) in [5.74, 6) is 0.565. The van der Waals surface area contributed by atoms with E-state index < -0.39 is 0 Å². The van der Waals surface area contributed by atoms with Crippen LogP contribution >= 0.6 is 0 Å². The number of hydrogen-bond acceptors (Lipinski definition) is 2. The molecule has 0 fully saturated rings. The number of fused-ring (bicyclic) bond motifs is 1. The highest BCUT2D eigenvalue weighted by molar-refractivity contribution is 6.00. The van der Waals surface area contributed by atoms with Gasteiger partial charge in [0.2, 0.25) is 5.91 Å². The molecule has 4 nitrogen and oxygen atoms in total. The maximum absolute atomic E-state index is 11.8. The van der Waals surface area contributed by atoms with Gasteiger partial charge in [0.05, 0.1) is 0 Å². The Hall–Kier alpha value is -1.84. The van der Waals surface area contributed by atoms with Crippen molar-refractivity contribution in [3.05, 3.63) is 35.4 Å². The van der Waals surface area contributed by atoms with Crippen LogP contribution in [0.3, 0.4) is 0 Å². The van der Waals surface area contributed by atoms with Crippen molar-refractivity contribution >= 4 is 11.7 Å². The lowest BCUT2D eigenvalue weighted by molar-refractivity contribution is -0.122. The van der Waals surface area contributed by atoms with Gasteiger partial charge in [-0.05, 0) is 26.3 Å². The molecule has 1 amide bonds. The summed E-state index contributed by atoms with van der Waals surface area (Å²) in [6.45, 7) is 7.24. The van der Waals surface area contributed by atoms with Gasteiger partial charge < -0.3 is 10.2 Å². The fraction of sp³-hybridized carbons (Fsp3) is 0.467. The van der Waals surface area contributed by atoms with Gasteiger partial charge in [0.25, 0.3) is 0 Å². The molecule has 0 bridgehead atoms. The first-order valence-corrected chi connectivity index (χ1v) is 6.59. The first-order valence-electron chi connectivity index (χ1n) is 6.59. The summed E-state index contributed by atoms with van der Waals surface area (Å²) in [7, 11) is 0. The lowest BCUT2D eigenvalue weighted by Gasteiger charge is -2.22. The van der Waals surface area contributed by atoms with Gasteiger partial charge in [0, 0.05) is 30.6 Å². The van der Waals surface area contributed by atoms with E-state index in [0.717, 1.165) is 12.1 Å². The second kappa shape index (κ2) is 5.03. The van der Waals surface area contributed by atoms with Crippen molar-refractivity contribution in [2.24, 2.45) is 0 Å². The van der Waals surface area contributed by atoms with Crippen LogP contribution < -0.4 is 5.32 Å². The molecular formula is C15H21N3O. The van der Waals surface area contributed by atoms with Crippen molar-refractivity contribution in [2.45, 2.75) is 39.3 Å². The number of benzene rings is 1. The summed E-state index contributed by atoms with van der Waals surface area (Å²) in [5.41, 5.74) is 1.96. The number of rotatable bonds is 3. The van der Waals surface area contributed by atoms with Crippen LogP contribution in [0.5, 0.6) is 0 Å². The zero-order valence-corrected chi connectivity index (χ0v) is 11.8. The molecule has 0 spiro atoms. The minimum absolute atomic E-state index is 0.0382. The first kappa shape index (κ1) is 13.6. The van der Waals surface area contributed by atoms with Crippen molar-refractivity contribution in [3.63, 3.8) is 0 Å².